The average Bonchev–Trinajstić information content (AvgIpc) is 2.37. The number of anilines is 1. The number of rotatable bonds is 4. The van der Waals surface area contributed by atoms with Crippen molar-refractivity contribution in [3.63, 3.8) is 0 Å². The largest absolute Gasteiger partial charge is 0.461 e. The minimum Gasteiger partial charge on any atom is -0.461 e. The molecule has 0 unspecified atom stereocenters. The molecular formula is C13H22ClN5O. The molecule has 1 saturated heterocycles. The minimum absolute atomic E-state index is 0.00922. The highest BCUT2D eigenvalue weighted by Crippen LogP contribution is 2.21. The van der Waals surface area contributed by atoms with Crippen LogP contribution in [0.15, 0.2) is 0 Å². The Morgan fingerprint density at radius 1 is 1.25 bits per heavy atom. The fraction of sp³-hybridized carbons (Fsp3) is 0.769. The van der Waals surface area contributed by atoms with E-state index in [9.17, 15) is 0 Å². The lowest BCUT2D eigenvalue weighted by Gasteiger charge is -2.35. The van der Waals surface area contributed by atoms with E-state index in [0.29, 0.717) is 12.0 Å². The molecule has 0 saturated carbocycles. The highest BCUT2D eigenvalue weighted by molar-refractivity contribution is 6.28. The van der Waals surface area contributed by atoms with E-state index < -0.39 is 0 Å². The maximum Gasteiger partial charge on any atom is 0.322 e. The third-order valence-electron chi connectivity index (χ3n) is 3.47. The van der Waals surface area contributed by atoms with Crippen LogP contribution < -0.4 is 9.64 Å². The van der Waals surface area contributed by atoms with Crippen molar-refractivity contribution in [2.45, 2.75) is 38.8 Å². The molecule has 20 heavy (non-hydrogen) atoms. The summed E-state index contributed by atoms with van der Waals surface area (Å²) in [6, 6.07) is 0.714. The Kier molecular flexibility index (Phi) is 4.99. The molecule has 1 aromatic heterocycles. The van der Waals surface area contributed by atoms with Gasteiger partial charge in [0.15, 0.2) is 0 Å². The van der Waals surface area contributed by atoms with Gasteiger partial charge >= 0.3 is 6.01 Å². The molecule has 7 heteroatoms. The van der Waals surface area contributed by atoms with E-state index >= 15 is 0 Å². The van der Waals surface area contributed by atoms with Gasteiger partial charge in [0, 0.05) is 13.1 Å². The summed E-state index contributed by atoms with van der Waals surface area (Å²) in [4.78, 5) is 17.0. The molecule has 2 heterocycles. The second kappa shape index (κ2) is 6.54. The van der Waals surface area contributed by atoms with Gasteiger partial charge in [0.25, 0.3) is 0 Å². The van der Waals surface area contributed by atoms with Gasteiger partial charge in [0.2, 0.25) is 11.2 Å². The molecule has 1 aromatic rings. The molecule has 1 fully saturated rings. The fourth-order valence-corrected chi connectivity index (χ4v) is 2.44. The van der Waals surface area contributed by atoms with Crippen molar-refractivity contribution in [1.29, 1.82) is 0 Å². The number of likely N-dealkylation sites (tertiary alicyclic amines) is 1. The van der Waals surface area contributed by atoms with Crippen LogP contribution in [-0.2, 0) is 0 Å². The van der Waals surface area contributed by atoms with Gasteiger partial charge in [0.1, 0.15) is 0 Å². The molecule has 112 valence electrons. The number of hydrogen-bond acceptors (Lipinski definition) is 6. The molecule has 0 N–H and O–H groups in total. The number of halogens is 1. The minimum atomic E-state index is 0.00922. The van der Waals surface area contributed by atoms with E-state index in [1.165, 1.54) is 0 Å². The van der Waals surface area contributed by atoms with Crippen LogP contribution in [0.1, 0.15) is 26.7 Å². The lowest BCUT2D eigenvalue weighted by atomic mass is 10.0. The van der Waals surface area contributed by atoms with Crippen molar-refractivity contribution in [3.05, 3.63) is 5.28 Å². The monoisotopic (exact) mass is 299 g/mol. The smallest absolute Gasteiger partial charge is 0.322 e. The Morgan fingerprint density at radius 3 is 2.50 bits per heavy atom. The topological polar surface area (TPSA) is 54.4 Å². The van der Waals surface area contributed by atoms with Crippen molar-refractivity contribution in [2.24, 2.45) is 0 Å². The third-order valence-corrected chi connectivity index (χ3v) is 3.64. The normalized spacial score (nSPS) is 17.5. The first-order valence-corrected chi connectivity index (χ1v) is 7.33. The lowest BCUT2D eigenvalue weighted by Crippen LogP contribution is -2.42. The Balaban J connectivity index is 2.12. The highest BCUT2D eigenvalue weighted by atomic mass is 35.5. The maximum absolute atomic E-state index is 5.96. The van der Waals surface area contributed by atoms with Crippen molar-refractivity contribution < 1.29 is 4.74 Å². The van der Waals surface area contributed by atoms with Crippen molar-refractivity contribution in [3.8, 4) is 6.01 Å². The number of aromatic nitrogens is 3. The maximum atomic E-state index is 5.96. The summed E-state index contributed by atoms with van der Waals surface area (Å²) >= 11 is 5.96. The molecule has 0 aromatic carbocycles. The SMILES string of the molecule is CC(C)Oc1nc(Cl)nc(N(C)C2CCN(C)CC2)n1. The van der Waals surface area contributed by atoms with E-state index in [1.807, 2.05) is 20.9 Å². The predicted octanol–water partition coefficient (Wildman–Crippen LogP) is 1.84. The highest BCUT2D eigenvalue weighted by Gasteiger charge is 2.23. The number of hydrogen-bond donors (Lipinski definition) is 0. The second-order valence-electron chi connectivity index (χ2n) is 5.50. The van der Waals surface area contributed by atoms with Gasteiger partial charge in [-0.2, -0.15) is 15.0 Å². The van der Waals surface area contributed by atoms with Crippen LogP contribution in [0, 0.1) is 0 Å². The first-order chi connectivity index (χ1) is 9.45. The first kappa shape index (κ1) is 15.3. The molecular weight excluding hydrogens is 278 g/mol. The fourth-order valence-electron chi connectivity index (χ4n) is 2.29. The van der Waals surface area contributed by atoms with E-state index in [2.05, 4.69) is 31.8 Å². The van der Waals surface area contributed by atoms with Gasteiger partial charge in [-0.15, -0.1) is 0 Å². The Hall–Kier alpha value is -1.14. The van der Waals surface area contributed by atoms with Gasteiger partial charge in [-0.25, -0.2) is 0 Å². The summed E-state index contributed by atoms with van der Waals surface area (Å²) in [5, 5.41) is 0.172. The molecule has 2 rings (SSSR count). The summed E-state index contributed by atoms with van der Waals surface area (Å²) in [7, 11) is 4.14. The molecule has 0 radical (unpaired) electrons. The zero-order chi connectivity index (χ0) is 14.7. The molecule has 0 amide bonds. The van der Waals surface area contributed by atoms with Crippen LogP contribution >= 0.6 is 11.6 Å². The van der Waals surface area contributed by atoms with Gasteiger partial charge in [0.05, 0.1) is 6.10 Å². The number of ether oxygens (including phenoxy) is 1. The van der Waals surface area contributed by atoms with Crippen LogP contribution in [-0.4, -0.2) is 59.2 Å². The first-order valence-electron chi connectivity index (χ1n) is 6.95. The van der Waals surface area contributed by atoms with Gasteiger partial charge in [-0.3, -0.25) is 0 Å². The van der Waals surface area contributed by atoms with Crippen molar-refractivity contribution in [2.75, 3.05) is 32.1 Å². The quantitative estimate of drug-likeness (QED) is 0.845. The number of nitrogens with zero attached hydrogens (tertiary/aromatic N) is 5. The molecule has 0 bridgehead atoms. The molecule has 1 aliphatic rings. The van der Waals surface area contributed by atoms with Crippen LogP contribution in [0.25, 0.3) is 0 Å². The second-order valence-corrected chi connectivity index (χ2v) is 5.84. The predicted molar refractivity (Wildman–Crippen MR) is 79.5 cm³/mol. The van der Waals surface area contributed by atoms with E-state index in [4.69, 9.17) is 16.3 Å². The molecule has 0 atom stereocenters. The van der Waals surface area contributed by atoms with Gasteiger partial charge < -0.3 is 14.5 Å². The van der Waals surface area contributed by atoms with Crippen LogP contribution in [0.3, 0.4) is 0 Å². The summed E-state index contributed by atoms with van der Waals surface area (Å²) in [6.07, 6.45) is 2.20. The van der Waals surface area contributed by atoms with Crippen molar-refractivity contribution >= 4 is 17.5 Å². The zero-order valence-corrected chi connectivity index (χ0v) is 13.3. The van der Waals surface area contributed by atoms with E-state index in [0.717, 1.165) is 25.9 Å². The van der Waals surface area contributed by atoms with Crippen LogP contribution in [0.2, 0.25) is 5.28 Å². The molecule has 0 spiro atoms. The Labute approximate surface area is 125 Å². The van der Waals surface area contributed by atoms with Crippen molar-refractivity contribution in [1.82, 2.24) is 19.9 Å². The summed E-state index contributed by atoms with van der Waals surface area (Å²) in [5.41, 5.74) is 0. The average molecular weight is 300 g/mol. The Morgan fingerprint density at radius 2 is 1.90 bits per heavy atom. The molecule has 6 nitrogen and oxygen atoms in total. The standard InChI is InChI=1S/C13H22ClN5O/c1-9(2)20-13-16-11(14)15-12(17-13)19(4)10-5-7-18(3)8-6-10/h9-10H,5-8H2,1-4H3. The Bertz CT molecular complexity index is 448. The van der Waals surface area contributed by atoms with Crippen LogP contribution in [0.4, 0.5) is 5.95 Å². The molecule has 1 aliphatic heterocycles. The summed E-state index contributed by atoms with van der Waals surface area (Å²) < 4.78 is 5.51. The van der Waals surface area contributed by atoms with E-state index in [1.54, 1.807) is 0 Å². The third kappa shape index (κ3) is 3.93. The van der Waals surface area contributed by atoms with Crippen LogP contribution in [0.5, 0.6) is 6.01 Å². The van der Waals surface area contributed by atoms with E-state index in [-0.39, 0.29) is 17.4 Å². The zero-order valence-electron chi connectivity index (χ0n) is 12.5. The van der Waals surface area contributed by atoms with Gasteiger partial charge in [-0.05, 0) is 58.4 Å². The van der Waals surface area contributed by atoms with Gasteiger partial charge in [-0.1, -0.05) is 0 Å². The number of piperidine rings is 1. The summed E-state index contributed by atoms with van der Waals surface area (Å²) in [5.74, 6) is 0.579. The summed E-state index contributed by atoms with van der Waals surface area (Å²) in [6.45, 7) is 6.03. The molecule has 0 aliphatic carbocycles. The lowest BCUT2D eigenvalue weighted by molar-refractivity contribution is 0.220.